The molecular formula is C15H24O2. The molecule has 0 spiro atoms. The number of allylic oxidation sites excluding steroid dienone is 2. The molecular weight excluding hydrogens is 212 g/mol. The highest BCUT2D eigenvalue weighted by molar-refractivity contribution is 5.26. The number of ether oxygens (including phenoxy) is 1. The van der Waals surface area contributed by atoms with Crippen LogP contribution < -0.4 is 0 Å². The number of aliphatic hydroxyl groups excluding tert-OH is 1. The molecule has 1 N–H and O–H groups in total. The van der Waals surface area contributed by atoms with Crippen molar-refractivity contribution in [3.05, 3.63) is 11.5 Å². The SMILES string of the molecule is CC1CC[C@@]2(C)[C@@H](C1)OC1=C(O)C[C@@]2(C)[C@@H]1C. The molecule has 2 heteroatoms. The lowest BCUT2D eigenvalue weighted by atomic mass is 9.51. The van der Waals surface area contributed by atoms with E-state index in [1.54, 1.807) is 0 Å². The van der Waals surface area contributed by atoms with Crippen molar-refractivity contribution in [1.29, 1.82) is 0 Å². The predicted octanol–water partition coefficient (Wildman–Crippen LogP) is 4.03. The zero-order valence-electron chi connectivity index (χ0n) is 11.4. The Morgan fingerprint density at radius 1 is 1.24 bits per heavy atom. The van der Waals surface area contributed by atoms with Gasteiger partial charge in [0, 0.05) is 17.8 Å². The molecule has 1 heterocycles. The molecule has 0 aromatic rings. The molecule has 0 aromatic heterocycles. The fourth-order valence-corrected chi connectivity index (χ4v) is 4.43. The maximum absolute atomic E-state index is 10.1. The Labute approximate surface area is 104 Å². The van der Waals surface area contributed by atoms with E-state index in [1.165, 1.54) is 12.8 Å². The van der Waals surface area contributed by atoms with Gasteiger partial charge in [0.05, 0.1) is 0 Å². The Hall–Kier alpha value is -0.660. The largest absolute Gasteiger partial charge is 0.509 e. The van der Waals surface area contributed by atoms with Crippen LogP contribution in [0.25, 0.3) is 0 Å². The van der Waals surface area contributed by atoms with Crippen LogP contribution in [-0.4, -0.2) is 11.2 Å². The summed E-state index contributed by atoms with van der Waals surface area (Å²) in [5, 5.41) is 10.1. The van der Waals surface area contributed by atoms with Gasteiger partial charge in [-0.25, -0.2) is 0 Å². The van der Waals surface area contributed by atoms with Crippen molar-refractivity contribution >= 4 is 0 Å². The maximum Gasteiger partial charge on any atom is 0.137 e. The lowest BCUT2D eigenvalue weighted by Crippen LogP contribution is -2.55. The van der Waals surface area contributed by atoms with E-state index in [-0.39, 0.29) is 10.8 Å². The molecule has 0 aromatic carbocycles. The molecule has 2 bridgehead atoms. The van der Waals surface area contributed by atoms with Gasteiger partial charge in [-0.1, -0.05) is 27.7 Å². The molecule has 2 fully saturated rings. The smallest absolute Gasteiger partial charge is 0.137 e. The van der Waals surface area contributed by atoms with Gasteiger partial charge in [0.2, 0.25) is 0 Å². The summed E-state index contributed by atoms with van der Waals surface area (Å²) >= 11 is 0. The minimum absolute atomic E-state index is 0.190. The zero-order chi connectivity index (χ0) is 12.4. The maximum atomic E-state index is 10.1. The molecule has 17 heavy (non-hydrogen) atoms. The Morgan fingerprint density at radius 3 is 2.65 bits per heavy atom. The van der Waals surface area contributed by atoms with Crippen molar-refractivity contribution in [1.82, 2.24) is 0 Å². The molecule has 2 aliphatic carbocycles. The van der Waals surface area contributed by atoms with Crippen LogP contribution in [0.15, 0.2) is 11.5 Å². The van der Waals surface area contributed by atoms with Gasteiger partial charge in [0.15, 0.2) is 0 Å². The van der Waals surface area contributed by atoms with Gasteiger partial charge in [-0.3, -0.25) is 0 Å². The second-order valence-corrected chi connectivity index (χ2v) is 7.03. The number of rotatable bonds is 0. The fourth-order valence-electron chi connectivity index (χ4n) is 4.43. The molecule has 1 unspecified atom stereocenters. The van der Waals surface area contributed by atoms with E-state index in [0.29, 0.717) is 17.8 Å². The summed E-state index contributed by atoms with van der Waals surface area (Å²) in [5.74, 6) is 2.54. The number of fused-ring (bicyclic) bond motifs is 4. The van der Waals surface area contributed by atoms with Crippen molar-refractivity contribution < 1.29 is 9.84 Å². The lowest BCUT2D eigenvalue weighted by Gasteiger charge is -2.57. The Morgan fingerprint density at radius 2 is 1.94 bits per heavy atom. The van der Waals surface area contributed by atoms with E-state index in [4.69, 9.17) is 4.74 Å². The monoisotopic (exact) mass is 236 g/mol. The van der Waals surface area contributed by atoms with E-state index in [2.05, 4.69) is 27.7 Å². The summed E-state index contributed by atoms with van der Waals surface area (Å²) < 4.78 is 6.17. The molecule has 5 atom stereocenters. The lowest BCUT2D eigenvalue weighted by molar-refractivity contribution is -0.161. The van der Waals surface area contributed by atoms with Crippen molar-refractivity contribution in [2.75, 3.05) is 0 Å². The van der Waals surface area contributed by atoms with Gasteiger partial charge in [-0.15, -0.1) is 0 Å². The fraction of sp³-hybridized carbons (Fsp3) is 0.867. The Kier molecular flexibility index (Phi) is 2.16. The van der Waals surface area contributed by atoms with E-state index < -0.39 is 0 Å². The summed E-state index contributed by atoms with van der Waals surface area (Å²) in [6.45, 7) is 9.28. The first kappa shape index (κ1) is 11.4. The summed E-state index contributed by atoms with van der Waals surface area (Å²) in [6, 6.07) is 0. The quantitative estimate of drug-likeness (QED) is 0.688. The summed E-state index contributed by atoms with van der Waals surface area (Å²) in [4.78, 5) is 0. The van der Waals surface area contributed by atoms with Crippen LogP contribution in [0.1, 0.15) is 53.4 Å². The van der Waals surface area contributed by atoms with Crippen LogP contribution in [-0.2, 0) is 4.74 Å². The van der Waals surface area contributed by atoms with Crippen LogP contribution in [0.2, 0.25) is 0 Å². The molecule has 96 valence electrons. The normalized spacial score (nSPS) is 53.3. The van der Waals surface area contributed by atoms with Crippen molar-refractivity contribution in [2.45, 2.75) is 59.5 Å². The van der Waals surface area contributed by atoms with Crippen molar-refractivity contribution in [2.24, 2.45) is 22.7 Å². The van der Waals surface area contributed by atoms with Crippen LogP contribution in [0, 0.1) is 22.7 Å². The predicted molar refractivity (Wildman–Crippen MR) is 67.5 cm³/mol. The first-order chi connectivity index (χ1) is 7.88. The molecule has 2 nitrogen and oxygen atoms in total. The van der Waals surface area contributed by atoms with Crippen LogP contribution in [0.5, 0.6) is 0 Å². The van der Waals surface area contributed by atoms with E-state index >= 15 is 0 Å². The van der Waals surface area contributed by atoms with Gasteiger partial charge in [-0.2, -0.15) is 0 Å². The van der Waals surface area contributed by atoms with Crippen LogP contribution in [0.3, 0.4) is 0 Å². The minimum Gasteiger partial charge on any atom is -0.509 e. The first-order valence-electron chi connectivity index (χ1n) is 6.97. The highest BCUT2D eigenvalue weighted by Crippen LogP contribution is 2.66. The molecule has 1 aliphatic heterocycles. The second kappa shape index (κ2) is 3.21. The van der Waals surface area contributed by atoms with Crippen LogP contribution >= 0.6 is 0 Å². The highest BCUT2D eigenvalue weighted by Gasteiger charge is 2.63. The highest BCUT2D eigenvalue weighted by atomic mass is 16.5. The van der Waals surface area contributed by atoms with Crippen molar-refractivity contribution in [3.8, 4) is 0 Å². The zero-order valence-corrected chi connectivity index (χ0v) is 11.4. The van der Waals surface area contributed by atoms with E-state index in [9.17, 15) is 5.11 Å². The van der Waals surface area contributed by atoms with E-state index in [1.807, 2.05) is 0 Å². The van der Waals surface area contributed by atoms with Gasteiger partial charge >= 0.3 is 0 Å². The average molecular weight is 236 g/mol. The molecule has 3 rings (SSSR count). The third-order valence-corrected chi connectivity index (χ3v) is 6.23. The third-order valence-electron chi connectivity index (χ3n) is 6.23. The third kappa shape index (κ3) is 1.22. The second-order valence-electron chi connectivity index (χ2n) is 7.03. The standard InChI is InChI=1S/C15H24O2/c1-9-5-6-14(3)12(7-9)17-13-10(2)15(14,4)8-11(13)16/h9-10,12,16H,5-8H2,1-4H3/t9?,10-,12-,14+,15+/m1/s1. The first-order valence-corrected chi connectivity index (χ1v) is 6.97. The minimum atomic E-state index is 0.190. The molecule has 0 radical (unpaired) electrons. The van der Waals surface area contributed by atoms with E-state index in [0.717, 1.165) is 24.5 Å². The topological polar surface area (TPSA) is 29.5 Å². The number of hydrogen-bond donors (Lipinski definition) is 1. The number of hydrogen-bond acceptors (Lipinski definition) is 2. The Balaban J connectivity index is 2.04. The molecule has 1 saturated carbocycles. The Bertz CT molecular complexity index is 386. The summed E-state index contributed by atoms with van der Waals surface area (Å²) in [5.41, 5.74) is 0.419. The van der Waals surface area contributed by atoms with Gasteiger partial charge in [0.25, 0.3) is 0 Å². The summed E-state index contributed by atoms with van der Waals surface area (Å²) in [6.07, 6.45) is 4.81. The number of aliphatic hydroxyl groups is 1. The molecule has 0 amide bonds. The van der Waals surface area contributed by atoms with Gasteiger partial charge in [0.1, 0.15) is 17.6 Å². The van der Waals surface area contributed by atoms with Crippen LogP contribution in [0.4, 0.5) is 0 Å². The molecule has 1 saturated heterocycles. The average Bonchev–Trinajstić information content (AvgIpc) is 2.42. The summed E-state index contributed by atoms with van der Waals surface area (Å²) in [7, 11) is 0. The van der Waals surface area contributed by atoms with Crippen molar-refractivity contribution in [3.63, 3.8) is 0 Å². The molecule has 3 aliphatic rings. The van der Waals surface area contributed by atoms with Gasteiger partial charge in [-0.05, 0) is 30.6 Å². The van der Waals surface area contributed by atoms with Gasteiger partial charge < -0.3 is 9.84 Å².